The Morgan fingerprint density at radius 3 is 2.76 bits per heavy atom. The highest BCUT2D eigenvalue weighted by molar-refractivity contribution is 5.70. The molecule has 1 aromatic heterocycles. The minimum atomic E-state index is -0.530. The molecule has 1 saturated heterocycles. The molecule has 1 aliphatic heterocycles. The minimum Gasteiger partial charge on any atom is -0.454 e. The van der Waals surface area contributed by atoms with E-state index in [1.165, 1.54) is 6.07 Å². The van der Waals surface area contributed by atoms with Gasteiger partial charge in [0.15, 0.2) is 17.4 Å². The molecule has 0 radical (unpaired) electrons. The largest absolute Gasteiger partial charge is 0.454 e. The summed E-state index contributed by atoms with van der Waals surface area (Å²) in [6.45, 7) is 2.91. The van der Waals surface area contributed by atoms with Crippen molar-refractivity contribution in [1.29, 1.82) is 5.26 Å². The molecule has 0 unspecified atom stereocenters. The zero-order valence-corrected chi connectivity index (χ0v) is 18.4. The van der Waals surface area contributed by atoms with E-state index in [0.29, 0.717) is 42.4 Å². The van der Waals surface area contributed by atoms with Gasteiger partial charge in [-0.2, -0.15) is 5.26 Å². The Bertz CT molecular complexity index is 1190. The van der Waals surface area contributed by atoms with Crippen LogP contribution in [-0.2, 0) is 11.2 Å². The summed E-state index contributed by atoms with van der Waals surface area (Å²) in [7, 11) is 1.72. The van der Waals surface area contributed by atoms with Crippen molar-refractivity contribution < 1.29 is 18.7 Å². The predicted molar refractivity (Wildman–Crippen MR) is 121 cm³/mol. The van der Waals surface area contributed by atoms with Crippen LogP contribution < -0.4 is 9.64 Å². The highest BCUT2D eigenvalue weighted by Gasteiger charge is 2.31. The van der Waals surface area contributed by atoms with Crippen molar-refractivity contribution in [2.45, 2.75) is 19.4 Å². The molecule has 1 fully saturated rings. The third kappa shape index (κ3) is 4.72. The number of halogens is 1. The quantitative estimate of drug-likeness (QED) is 0.506. The summed E-state index contributed by atoms with van der Waals surface area (Å²) in [6.07, 6.45) is 1.98. The van der Waals surface area contributed by atoms with Crippen LogP contribution in [0.4, 0.5) is 20.7 Å². The Kier molecular flexibility index (Phi) is 6.41. The number of carbonyl (C=O) groups is 1. The number of hydrogen-bond donors (Lipinski definition) is 0. The number of rotatable bonds is 7. The van der Waals surface area contributed by atoms with Crippen LogP contribution in [0.5, 0.6) is 11.5 Å². The number of benzene rings is 2. The van der Waals surface area contributed by atoms with Gasteiger partial charge in [-0.25, -0.2) is 14.2 Å². The van der Waals surface area contributed by atoms with E-state index in [2.05, 4.69) is 11.1 Å². The van der Waals surface area contributed by atoms with Crippen molar-refractivity contribution in [3.63, 3.8) is 0 Å². The average Bonchev–Trinajstić information content (AvgIpc) is 3.19. The van der Waals surface area contributed by atoms with Gasteiger partial charge in [-0.1, -0.05) is 12.1 Å². The molecule has 0 aliphatic carbocycles. The molecule has 7 nitrogen and oxygen atoms in total. The highest BCUT2D eigenvalue weighted by Crippen LogP contribution is 2.31. The first-order chi connectivity index (χ1) is 16.0. The second kappa shape index (κ2) is 9.57. The van der Waals surface area contributed by atoms with Gasteiger partial charge >= 0.3 is 6.09 Å². The van der Waals surface area contributed by atoms with Crippen LogP contribution in [0.15, 0.2) is 60.8 Å². The summed E-state index contributed by atoms with van der Waals surface area (Å²) in [5, 5.41) is 9.28. The van der Waals surface area contributed by atoms with Gasteiger partial charge in [0, 0.05) is 31.5 Å². The molecule has 168 valence electrons. The number of nitrogens with zero attached hydrogens (tertiary/aromatic N) is 4. The molecule has 0 bridgehead atoms. The molecule has 33 heavy (non-hydrogen) atoms. The van der Waals surface area contributed by atoms with E-state index in [-0.39, 0.29) is 17.9 Å². The van der Waals surface area contributed by atoms with Gasteiger partial charge in [0.25, 0.3) is 0 Å². The zero-order chi connectivity index (χ0) is 23.4. The Hall–Kier alpha value is -4.12. The molecular weight excluding hydrogens is 423 g/mol. The topological polar surface area (TPSA) is 78.7 Å². The lowest BCUT2D eigenvalue weighted by atomic mass is 10.1. The second-order valence-corrected chi connectivity index (χ2v) is 7.63. The van der Waals surface area contributed by atoms with Gasteiger partial charge < -0.3 is 19.3 Å². The highest BCUT2D eigenvalue weighted by atomic mass is 19.1. The zero-order valence-electron chi connectivity index (χ0n) is 18.4. The second-order valence-electron chi connectivity index (χ2n) is 7.63. The fourth-order valence-electron chi connectivity index (χ4n) is 3.79. The van der Waals surface area contributed by atoms with Gasteiger partial charge in [0.05, 0.1) is 11.6 Å². The van der Waals surface area contributed by atoms with E-state index in [0.717, 1.165) is 5.56 Å². The average molecular weight is 446 g/mol. The Morgan fingerprint density at radius 1 is 1.27 bits per heavy atom. The van der Waals surface area contributed by atoms with E-state index < -0.39 is 5.82 Å². The third-order valence-corrected chi connectivity index (χ3v) is 5.57. The van der Waals surface area contributed by atoms with Crippen LogP contribution in [0.1, 0.15) is 18.1 Å². The number of likely N-dealkylation sites (N-methyl/N-ethyl adjacent to an activating group) is 1. The summed E-state index contributed by atoms with van der Waals surface area (Å²) in [5.74, 6) is 0.507. The van der Waals surface area contributed by atoms with Gasteiger partial charge in [0.2, 0.25) is 0 Å². The van der Waals surface area contributed by atoms with Crippen LogP contribution in [0, 0.1) is 17.1 Å². The number of cyclic esters (lactones) is 1. The maximum atomic E-state index is 14.8. The van der Waals surface area contributed by atoms with Crippen molar-refractivity contribution in [1.82, 2.24) is 9.88 Å². The number of ether oxygens (including phenoxy) is 2. The van der Waals surface area contributed by atoms with Crippen molar-refractivity contribution in [2.24, 2.45) is 0 Å². The standard InChI is InChI=1S/C25H23FN4O3/c1-3-30-20(16-32-25(30)31)13-17-6-9-21(10-7-17)33-23-11-8-19(14-22(23)26)29(2)24-18(15-27)5-4-12-28-24/h4-12,14,20H,3,13,16H2,1-2H3/t20-/m0/s1. The number of nitriles is 1. The fraction of sp³-hybridized carbons (Fsp3) is 0.240. The van der Waals surface area contributed by atoms with Crippen molar-refractivity contribution in [2.75, 3.05) is 25.1 Å². The van der Waals surface area contributed by atoms with Crippen LogP contribution in [0.3, 0.4) is 0 Å². The van der Waals surface area contributed by atoms with Crippen LogP contribution in [0.2, 0.25) is 0 Å². The van der Waals surface area contributed by atoms with Gasteiger partial charge in [0.1, 0.15) is 18.4 Å². The molecule has 0 spiro atoms. The number of anilines is 2. The summed E-state index contributed by atoms with van der Waals surface area (Å²) >= 11 is 0. The Labute approximate surface area is 191 Å². The molecule has 1 aliphatic rings. The molecular formula is C25H23FN4O3. The van der Waals surface area contributed by atoms with E-state index in [4.69, 9.17) is 9.47 Å². The maximum absolute atomic E-state index is 14.8. The van der Waals surface area contributed by atoms with E-state index >= 15 is 0 Å². The summed E-state index contributed by atoms with van der Waals surface area (Å²) in [4.78, 5) is 19.3. The molecule has 3 aromatic rings. The summed E-state index contributed by atoms with van der Waals surface area (Å²) < 4.78 is 25.6. The number of hydrogen-bond acceptors (Lipinski definition) is 6. The number of aromatic nitrogens is 1. The molecule has 1 atom stereocenters. The number of pyridine rings is 1. The monoisotopic (exact) mass is 446 g/mol. The Balaban J connectivity index is 1.44. The van der Waals surface area contributed by atoms with E-state index in [1.807, 2.05) is 19.1 Å². The van der Waals surface area contributed by atoms with Crippen molar-refractivity contribution in [3.8, 4) is 17.6 Å². The minimum absolute atomic E-state index is 0.0110. The summed E-state index contributed by atoms with van der Waals surface area (Å²) in [5.41, 5.74) is 1.97. The fourth-order valence-corrected chi connectivity index (χ4v) is 3.79. The lowest BCUT2D eigenvalue weighted by Gasteiger charge is -2.20. The van der Waals surface area contributed by atoms with E-state index in [9.17, 15) is 14.4 Å². The number of amides is 1. The molecule has 8 heteroatoms. The van der Waals surface area contributed by atoms with Gasteiger partial charge in [-0.3, -0.25) is 0 Å². The van der Waals surface area contributed by atoms with Crippen LogP contribution in [0.25, 0.3) is 0 Å². The summed E-state index contributed by atoms with van der Waals surface area (Å²) in [6, 6.07) is 17.4. The van der Waals surface area contributed by atoms with Crippen LogP contribution >= 0.6 is 0 Å². The normalized spacial score (nSPS) is 15.2. The molecule has 0 saturated carbocycles. The first kappa shape index (κ1) is 22.1. The molecule has 0 N–H and O–H groups in total. The lowest BCUT2D eigenvalue weighted by Crippen LogP contribution is -2.34. The molecule has 4 rings (SSSR count). The first-order valence-corrected chi connectivity index (χ1v) is 10.6. The lowest BCUT2D eigenvalue weighted by molar-refractivity contribution is 0.159. The number of carbonyl (C=O) groups excluding carboxylic acids is 1. The van der Waals surface area contributed by atoms with E-state index in [1.54, 1.807) is 59.4 Å². The smallest absolute Gasteiger partial charge is 0.410 e. The van der Waals surface area contributed by atoms with Crippen molar-refractivity contribution >= 4 is 17.6 Å². The predicted octanol–water partition coefficient (Wildman–Crippen LogP) is 5.04. The third-order valence-electron chi connectivity index (χ3n) is 5.57. The van der Waals surface area contributed by atoms with Crippen LogP contribution in [-0.4, -0.2) is 42.2 Å². The molecule has 2 aromatic carbocycles. The maximum Gasteiger partial charge on any atom is 0.410 e. The molecule has 2 heterocycles. The molecule has 1 amide bonds. The van der Waals surface area contributed by atoms with Gasteiger partial charge in [-0.15, -0.1) is 0 Å². The van der Waals surface area contributed by atoms with Gasteiger partial charge in [-0.05, 0) is 55.3 Å². The first-order valence-electron chi connectivity index (χ1n) is 10.6. The SMILES string of the molecule is CCN1C(=O)OC[C@@H]1Cc1ccc(Oc2ccc(N(C)c3ncccc3C#N)cc2F)cc1. The van der Waals surface area contributed by atoms with Crippen molar-refractivity contribution in [3.05, 3.63) is 77.7 Å². The Morgan fingerprint density at radius 2 is 2.06 bits per heavy atom.